The fourth-order valence-corrected chi connectivity index (χ4v) is 1.90. The molecule has 0 bridgehead atoms. The van der Waals surface area contributed by atoms with E-state index in [-0.39, 0.29) is 0 Å². The van der Waals surface area contributed by atoms with Crippen LogP contribution in [-0.2, 0) is 0 Å². The van der Waals surface area contributed by atoms with Gasteiger partial charge in [-0.2, -0.15) is 0 Å². The third kappa shape index (κ3) is 3.52. The predicted octanol–water partition coefficient (Wildman–Crippen LogP) is 1.72. The van der Waals surface area contributed by atoms with Gasteiger partial charge in [0.05, 0.1) is 6.54 Å². The van der Waals surface area contributed by atoms with Crippen molar-refractivity contribution < 1.29 is 0 Å². The Morgan fingerprint density at radius 1 is 1.40 bits per heavy atom. The van der Waals surface area contributed by atoms with Crippen LogP contribution in [0.4, 0.5) is 0 Å². The number of piperazine rings is 1. The Kier molecular flexibility index (Phi) is 4.19. The molecule has 1 rings (SSSR count). The highest BCUT2D eigenvalue weighted by atomic mass is 15.2. The summed E-state index contributed by atoms with van der Waals surface area (Å²) in [5, 5.41) is 3.63. The molecule has 86 valence electrons. The van der Waals surface area contributed by atoms with Gasteiger partial charge in [0.2, 0.25) is 0 Å². The van der Waals surface area contributed by atoms with E-state index in [4.69, 9.17) is 0 Å². The second-order valence-electron chi connectivity index (χ2n) is 5.53. The van der Waals surface area contributed by atoms with Gasteiger partial charge in [-0.15, -0.1) is 5.92 Å². The van der Waals surface area contributed by atoms with Gasteiger partial charge in [-0.1, -0.05) is 26.7 Å². The zero-order valence-corrected chi connectivity index (χ0v) is 10.7. The Balaban J connectivity index is 2.58. The van der Waals surface area contributed by atoms with Crippen LogP contribution in [0.15, 0.2) is 0 Å². The first-order valence-corrected chi connectivity index (χ1v) is 5.82. The molecule has 0 aromatic heterocycles. The van der Waals surface area contributed by atoms with Gasteiger partial charge in [-0.05, 0) is 19.3 Å². The van der Waals surface area contributed by atoms with Gasteiger partial charge in [0.15, 0.2) is 0 Å². The normalized spacial score (nSPS) is 28.3. The van der Waals surface area contributed by atoms with Crippen LogP contribution in [0.5, 0.6) is 0 Å². The van der Waals surface area contributed by atoms with E-state index in [9.17, 15) is 0 Å². The Morgan fingerprint density at radius 2 is 2.07 bits per heavy atom. The van der Waals surface area contributed by atoms with Gasteiger partial charge in [0.25, 0.3) is 0 Å². The lowest BCUT2D eigenvalue weighted by molar-refractivity contribution is 0.106. The fourth-order valence-electron chi connectivity index (χ4n) is 1.90. The van der Waals surface area contributed by atoms with Crippen LogP contribution in [0.2, 0.25) is 0 Å². The summed E-state index contributed by atoms with van der Waals surface area (Å²) >= 11 is 0. The third-order valence-electron chi connectivity index (χ3n) is 3.20. The second kappa shape index (κ2) is 5.01. The average Bonchev–Trinajstić information content (AvgIpc) is 2.15. The van der Waals surface area contributed by atoms with Crippen molar-refractivity contribution in [3.05, 3.63) is 0 Å². The van der Waals surface area contributed by atoms with Crippen molar-refractivity contribution in [2.75, 3.05) is 19.6 Å². The minimum Gasteiger partial charge on any atom is -0.311 e. The minimum absolute atomic E-state index is 0.331. The average molecular weight is 208 g/mol. The molecule has 0 saturated carbocycles. The third-order valence-corrected chi connectivity index (χ3v) is 3.20. The SMILES string of the molecule is CC#CCN1CC(C(C)(C)C)NCC1C. The zero-order valence-electron chi connectivity index (χ0n) is 10.7. The fraction of sp³-hybridized carbons (Fsp3) is 0.846. The number of hydrogen-bond acceptors (Lipinski definition) is 2. The Morgan fingerprint density at radius 3 is 2.60 bits per heavy atom. The number of rotatable bonds is 1. The molecule has 15 heavy (non-hydrogen) atoms. The van der Waals surface area contributed by atoms with E-state index in [1.807, 2.05) is 6.92 Å². The summed E-state index contributed by atoms with van der Waals surface area (Å²) in [7, 11) is 0. The molecule has 1 saturated heterocycles. The van der Waals surface area contributed by atoms with Crippen LogP contribution in [-0.4, -0.2) is 36.6 Å². The highest BCUT2D eigenvalue weighted by Crippen LogP contribution is 2.23. The van der Waals surface area contributed by atoms with Crippen molar-refractivity contribution in [2.24, 2.45) is 5.41 Å². The molecule has 0 aromatic rings. The van der Waals surface area contributed by atoms with Gasteiger partial charge in [-0.3, -0.25) is 4.90 Å². The maximum Gasteiger partial charge on any atom is 0.0604 e. The highest BCUT2D eigenvalue weighted by molar-refractivity contribution is 5.01. The summed E-state index contributed by atoms with van der Waals surface area (Å²) in [6.45, 7) is 14.2. The van der Waals surface area contributed by atoms with E-state index in [1.165, 1.54) is 0 Å². The molecule has 2 unspecified atom stereocenters. The first-order valence-electron chi connectivity index (χ1n) is 5.82. The summed E-state index contributed by atoms with van der Waals surface area (Å²) < 4.78 is 0. The summed E-state index contributed by atoms with van der Waals surface area (Å²) in [5.74, 6) is 6.15. The molecule has 1 aliphatic rings. The monoisotopic (exact) mass is 208 g/mol. The molecule has 0 aliphatic carbocycles. The summed E-state index contributed by atoms with van der Waals surface area (Å²) in [6, 6.07) is 1.18. The lowest BCUT2D eigenvalue weighted by Crippen LogP contribution is -2.59. The molecule has 2 nitrogen and oxygen atoms in total. The highest BCUT2D eigenvalue weighted by Gasteiger charge is 2.31. The van der Waals surface area contributed by atoms with Crippen LogP contribution in [0.1, 0.15) is 34.6 Å². The molecule has 2 atom stereocenters. The van der Waals surface area contributed by atoms with Crippen LogP contribution >= 0.6 is 0 Å². The standard InChI is InChI=1S/C13H24N2/c1-6-7-8-15-10-12(13(3,4)5)14-9-11(15)2/h11-12,14H,8-10H2,1-5H3. The van der Waals surface area contributed by atoms with E-state index in [1.54, 1.807) is 0 Å². The predicted molar refractivity (Wildman–Crippen MR) is 65.7 cm³/mol. The molecule has 1 heterocycles. The number of nitrogens with zero attached hydrogens (tertiary/aromatic N) is 1. The van der Waals surface area contributed by atoms with Gasteiger partial charge in [0, 0.05) is 25.2 Å². The van der Waals surface area contributed by atoms with Gasteiger partial charge < -0.3 is 5.32 Å². The van der Waals surface area contributed by atoms with E-state index >= 15 is 0 Å². The summed E-state index contributed by atoms with van der Waals surface area (Å²) in [6.07, 6.45) is 0. The molecule has 1 N–H and O–H groups in total. The van der Waals surface area contributed by atoms with Crippen molar-refractivity contribution in [3.8, 4) is 11.8 Å². The zero-order chi connectivity index (χ0) is 11.5. The quantitative estimate of drug-likeness (QED) is 0.660. The lowest BCUT2D eigenvalue weighted by Gasteiger charge is -2.43. The molecule has 2 heteroatoms. The maximum atomic E-state index is 3.63. The van der Waals surface area contributed by atoms with E-state index in [0.29, 0.717) is 17.5 Å². The minimum atomic E-state index is 0.331. The van der Waals surface area contributed by atoms with Crippen molar-refractivity contribution >= 4 is 0 Å². The molecular formula is C13H24N2. The number of nitrogens with one attached hydrogen (secondary N) is 1. The van der Waals surface area contributed by atoms with E-state index < -0.39 is 0 Å². The Hall–Kier alpha value is -0.520. The molecule has 0 amide bonds. The summed E-state index contributed by atoms with van der Waals surface area (Å²) in [4.78, 5) is 2.48. The Labute approximate surface area is 94.4 Å². The largest absolute Gasteiger partial charge is 0.311 e. The second-order valence-corrected chi connectivity index (χ2v) is 5.53. The molecule has 0 aromatic carbocycles. The van der Waals surface area contributed by atoms with E-state index in [2.05, 4.69) is 49.8 Å². The van der Waals surface area contributed by atoms with Crippen molar-refractivity contribution in [2.45, 2.75) is 46.7 Å². The topological polar surface area (TPSA) is 15.3 Å². The summed E-state index contributed by atoms with van der Waals surface area (Å²) in [5.41, 5.74) is 0.331. The first-order chi connectivity index (χ1) is 6.95. The van der Waals surface area contributed by atoms with Crippen LogP contribution in [0.3, 0.4) is 0 Å². The van der Waals surface area contributed by atoms with E-state index in [0.717, 1.165) is 19.6 Å². The van der Waals surface area contributed by atoms with Gasteiger partial charge in [-0.25, -0.2) is 0 Å². The van der Waals surface area contributed by atoms with Crippen LogP contribution < -0.4 is 5.32 Å². The molecule has 1 aliphatic heterocycles. The molecule has 0 radical (unpaired) electrons. The number of hydrogen-bond donors (Lipinski definition) is 1. The molecule has 0 spiro atoms. The molecular weight excluding hydrogens is 184 g/mol. The Bertz CT molecular complexity index is 254. The van der Waals surface area contributed by atoms with Crippen molar-refractivity contribution in [1.82, 2.24) is 10.2 Å². The molecule has 1 fully saturated rings. The van der Waals surface area contributed by atoms with Gasteiger partial charge in [0.1, 0.15) is 0 Å². The van der Waals surface area contributed by atoms with Crippen LogP contribution in [0.25, 0.3) is 0 Å². The maximum absolute atomic E-state index is 3.63. The smallest absolute Gasteiger partial charge is 0.0604 e. The lowest BCUT2D eigenvalue weighted by atomic mass is 9.85. The van der Waals surface area contributed by atoms with Crippen molar-refractivity contribution in [1.29, 1.82) is 0 Å². The van der Waals surface area contributed by atoms with Gasteiger partial charge >= 0.3 is 0 Å². The van der Waals surface area contributed by atoms with Crippen LogP contribution in [0, 0.1) is 17.3 Å². The first kappa shape index (κ1) is 12.5. The van der Waals surface area contributed by atoms with Crippen molar-refractivity contribution in [3.63, 3.8) is 0 Å².